The highest BCUT2D eigenvalue weighted by molar-refractivity contribution is 14.1. The van der Waals surface area contributed by atoms with Gasteiger partial charge in [-0.15, -0.1) is 0 Å². The first kappa shape index (κ1) is 12.8. The summed E-state index contributed by atoms with van der Waals surface area (Å²) in [5.74, 6) is -0.426. The van der Waals surface area contributed by atoms with Gasteiger partial charge in [0.2, 0.25) is 0 Å². The maximum Gasteiger partial charge on any atom is 0.255 e. The lowest BCUT2D eigenvalue weighted by atomic mass is 10.2. The Bertz CT molecular complexity index is 431. The fourth-order valence-corrected chi connectivity index (χ4v) is 2.41. The van der Waals surface area contributed by atoms with Gasteiger partial charge < -0.3 is 9.80 Å². The second kappa shape index (κ2) is 5.30. The van der Waals surface area contributed by atoms with Gasteiger partial charge in [0.1, 0.15) is 5.82 Å². The normalized spacial score (nSPS) is 17.2. The number of piperazine rings is 1. The molecule has 0 unspecified atom stereocenters. The zero-order valence-electron chi connectivity index (χ0n) is 9.62. The molecule has 0 aromatic heterocycles. The maximum atomic E-state index is 13.2. The summed E-state index contributed by atoms with van der Waals surface area (Å²) in [4.78, 5) is 16.2. The largest absolute Gasteiger partial charge is 0.336 e. The van der Waals surface area contributed by atoms with Crippen molar-refractivity contribution in [3.8, 4) is 0 Å². The number of amides is 1. The van der Waals surface area contributed by atoms with E-state index in [-0.39, 0.29) is 11.7 Å². The average molecular weight is 348 g/mol. The Morgan fingerprint density at radius 2 is 1.94 bits per heavy atom. The SMILES string of the molecule is CN1CCN(C(=O)c2cc(F)ccc2I)CC1. The van der Waals surface area contributed by atoms with Crippen LogP contribution in [0.3, 0.4) is 0 Å². The van der Waals surface area contributed by atoms with Gasteiger partial charge in [0.15, 0.2) is 0 Å². The van der Waals surface area contributed by atoms with Gasteiger partial charge in [0.25, 0.3) is 5.91 Å². The molecule has 1 saturated heterocycles. The third kappa shape index (κ3) is 2.95. The number of halogens is 2. The van der Waals surface area contributed by atoms with Crippen LogP contribution >= 0.6 is 22.6 Å². The average Bonchev–Trinajstić information content (AvgIpc) is 2.32. The van der Waals surface area contributed by atoms with Crippen LogP contribution in [-0.2, 0) is 0 Å². The Hall–Kier alpha value is -0.690. The summed E-state index contributed by atoms with van der Waals surface area (Å²) in [5.41, 5.74) is 0.468. The lowest BCUT2D eigenvalue weighted by molar-refractivity contribution is 0.0662. The molecule has 1 aromatic rings. The van der Waals surface area contributed by atoms with E-state index in [1.165, 1.54) is 12.1 Å². The fraction of sp³-hybridized carbons (Fsp3) is 0.417. The van der Waals surface area contributed by atoms with Gasteiger partial charge in [-0.05, 0) is 47.8 Å². The quantitative estimate of drug-likeness (QED) is 0.723. The standard InChI is InChI=1S/C12H14FIN2O/c1-15-4-6-16(7-5-15)12(17)10-8-9(13)2-3-11(10)14/h2-3,8H,4-7H2,1H3. The lowest BCUT2D eigenvalue weighted by Gasteiger charge is -2.32. The van der Waals surface area contributed by atoms with Crippen LogP contribution in [0.2, 0.25) is 0 Å². The minimum Gasteiger partial charge on any atom is -0.336 e. The molecular formula is C12H14FIN2O. The van der Waals surface area contributed by atoms with Crippen molar-refractivity contribution in [3.05, 3.63) is 33.1 Å². The molecule has 1 fully saturated rings. The van der Waals surface area contributed by atoms with E-state index in [4.69, 9.17) is 0 Å². The fourth-order valence-electron chi connectivity index (χ4n) is 1.84. The molecule has 1 amide bonds. The molecule has 0 radical (unpaired) electrons. The Morgan fingerprint density at radius 3 is 2.59 bits per heavy atom. The summed E-state index contributed by atoms with van der Waals surface area (Å²) in [6.45, 7) is 3.17. The molecule has 0 aliphatic carbocycles. The van der Waals surface area contributed by atoms with Crippen LogP contribution in [0.25, 0.3) is 0 Å². The van der Waals surface area contributed by atoms with E-state index < -0.39 is 0 Å². The van der Waals surface area contributed by atoms with Gasteiger partial charge in [-0.3, -0.25) is 4.79 Å². The van der Waals surface area contributed by atoms with Gasteiger partial charge in [-0.1, -0.05) is 0 Å². The molecule has 1 aliphatic heterocycles. The van der Waals surface area contributed by atoms with E-state index in [0.29, 0.717) is 18.7 Å². The number of carbonyl (C=O) groups is 1. The number of nitrogens with zero attached hydrogens (tertiary/aromatic N) is 2. The number of hydrogen-bond donors (Lipinski definition) is 0. The number of benzene rings is 1. The third-order valence-corrected chi connectivity index (χ3v) is 3.89. The van der Waals surface area contributed by atoms with Crippen molar-refractivity contribution in [2.75, 3.05) is 33.2 Å². The van der Waals surface area contributed by atoms with E-state index in [2.05, 4.69) is 27.5 Å². The molecule has 17 heavy (non-hydrogen) atoms. The summed E-state index contributed by atoms with van der Waals surface area (Å²) in [5, 5.41) is 0. The Morgan fingerprint density at radius 1 is 1.29 bits per heavy atom. The second-order valence-electron chi connectivity index (χ2n) is 4.22. The predicted octanol–water partition coefficient (Wildman–Crippen LogP) is 1.82. The van der Waals surface area contributed by atoms with Gasteiger partial charge in [0.05, 0.1) is 5.56 Å². The van der Waals surface area contributed by atoms with Gasteiger partial charge >= 0.3 is 0 Å². The molecule has 0 bridgehead atoms. The minimum absolute atomic E-state index is 0.0676. The summed E-state index contributed by atoms with van der Waals surface area (Å²) >= 11 is 2.07. The number of hydrogen-bond acceptors (Lipinski definition) is 2. The van der Waals surface area contributed by atoms with E-state index in [1.807, 2.05) is 7.05 Å². The van der Waals surface area contributed by atoms with Crippen molar-refractivity contribution >= 4 is 28.5 Å². The molecule has 1 heterocycles. The van der Waals surface area contributed by atoms with Crippen LogP contribution in [0.1, 0.15) is 10.4 Å². The number of rotatable bonds is 1. The monoisotopic (exact) mass is 348 g/mol. The van der Waals surface area contributed by atoms with Crippen molar-refractivity contribution < 1.29 is 9.18 Å². The molecule has 92 valence electrons. The van der Waals surface area contributed by atoms with Crippen molar-refractivity contribution in [2.24, 2.45) is 0 Å². The lowest BCUT2D eigenvalue weighted by Crippen LogP contribution is -2.47. The first-order valence-electron chi connectivity index (χ1n) is 5.51. The van der Waals surface area contributed by atoms with E-state index >= 15 is 0 Å². The summed E-state index contributed by atoms with van der Waals surface area (Å²) in [6.07, 6.45) is 0. The third-order valence-electron chi connectivity index (χ3n) is 2.95. The van der Waals surface area contributed by atoms with Crippen LogP contribution < -0.4 is 0 Å². The molecule has 1 aliphatic rings. The van der Waals surface area contributed by atoms with Gasteiger partial charge in [0, 0.05) is 29.7 Å². The molecule has 1 aromatic carbocycles. The van der Waals surface area contributed by atoms with Crippen molar-refractivity contribution in [3.63, 3.8) is 0 Å². The van der Waals surface area contributed by atoms with Crippen LogP contribution in [0, 0.1) is 9.39 Å². The topological polar surface area (TPSA) is 23.6 Å². The highest BCUT2D eigenvalue weighted by Crippen LogP contribution is 2.16. The predicted molar refractivity (Wildman–Crippen MR) is 72.5 cm³/mol. The van der Waals surface area contributed by atoms with Crippen LogP contribution in [0.15, 0.2) is 18.2 Å². The Labute approximate surface area is 114 Å². The zero-order chi connectivity index (χ0) is 12.4. The van der Waals surface area contributed by atoms with Crippen LogP contribution in [-0.4, -0.2) is 48.9 Å². The molecular weight excluding hydrogens is 334 g/mol. The smallest absolute Gasteiger partial charge is 0.255 e. The van der Waals surface area contributed by atoms with Crippen LogP contribution in [0.4, 0.5) is 4.39 Å². The molecule has 2 rings (SSSR count). The van der Waals surface area contributed by atoms with Gasteiger partial charge in [-0.2, -0.15) is 0 Å². The summed E-state index contributed by atoms with van der Waals surface area (Å²) in [7, 11) is 2.04. The summed E-state index contributed by atoms with van der Waals surface area (Å²) in [6, 6.07) is 4.34. The highest BCUT2D eigenvalue weighted by Gasteiger charge is 2.22. The Balaban J connectivity index is 2.16. The molecule has 0 N–H and O–H groups in total. The van der Waals surface area contributed by atoms with E-state index in [0.717, 1.165) is 16.7 Å². The Kier molecular flexibility index (Phi) is 3.98. The zero-order valence-corrected chi connectivity index (χ0v) is 11.8. The van der Waals surface area contributed by atoms with Crippen molar-refractivity contribution in [1.82, 2.24) is 9.80 Å². The first-order valence-corrected chi connectivity index (χ1v) is 6.58. The van der Waals surface area contributed by atoms with Crippen molar-refractivity contribution in [1.29, 1.82) is 0 Å². The van der Waals surface area contributed by atoms with Gasteiger partial charge in [-0.25, -0.2) is 4.39 Å². The van der Waals surface area contributed by atoms with E-state index in [1.54, 1.807) is 11.0 Å². The highest BCUT2D eigenvalue weighted by atomic mass is 127. The molecule has 0 saturated carbocycles. The van der Waals surface area contributed by atoms with Crippen molar-refractivity contribution in [2.45, 2.75) is 0 Å². The molecule has 5 heteroatoms. The maximum absolute atomic E-state index is 13.2. The minimum atomic E-state index is -0.358. The summed E-state index contributed by atoms with van der Waals surface area (Å²) < 4.78 is 14.0. The second-order valence-corrected chi connectivity index (χ2v) is 5.38. The molecule has 0 atom stereocenters. The molecule has 0 spiro atoms. The number of carbonyl (C=O) groups excluding carboxylic acids is 1. The van der Waals surface area contributed by atoms with E-state index in [9.17, 15) is 9.18 Å². The number of likely N-dealkylation sites (N-methyl/N-ethyl adjacent to an activating group) is 1. The molecule has 3 nitrogen and oxygen atoms in total. The first-order chi connectivity index (χ1) is 8.08. The van der Waals surface area contributed by atoms with Crippen LogP contribution in [0.5, 0.6) is 0 Å².